The van der Waals surface area contributed by atoms with Gasteiger partial charge in [0.1, 0.15) is 0 Å². The molecule has 0 radical (unpaired) electrons. The second kappa shape index (κ2) is 15.1. The number of unbranched alkanes of at least 4 members (excludes halogenated alkanes) is 6. The van der Waals surface area contributed by atoms with E-state index in [2.05, 4.69) is 17.6 Å². The summed E-state index contributed by atoms with van der Waals surface area (Å²) < 4.78 is 0. The molecule has 0 heterocycles. The Hall–Kier alpha value is -2.82. The van der Waals surface area contributed by atoms with Gasteiger partial charge >= 0.3 is 6.03 Å². The van der Waals surface area contributed by atoms with Crippen LogP contribution < -0.4 is 15.5 Å². The average Bonchev–Trinajstić information content (AvgIpc) is 2.79. The number of hydrogen-bond donors (Lipinski definition) is 2. The molecule has 0 aliphatic heterocycles. The molecule has 0 bridgehead atoms. The molecule has 0 atom stereocenters. The van der Waals surface area contributed by atoms with Crippen LogP contribution in [0.3, 0.4) is 0 Å². The molecule has 32 heavy (non-hydrogen) atoms. The molecule has 174 valence electrons. The van der Waals surface area contributed by atoms with Crippen molar-refractivity contribution in [1.82, 2.24) is 5.32 Å². The Balaban J connectivity index is 1.75. The van der Waals surface area contributed by atoms with Gasteiger partial charge in [-0.3, -0.25) is 9.69 Å². The van der Waals surface area contributed by atoms with Gasteiger partial charge in [-0.2, -0.15) is 0 Å². The van der Waals surface area contributed by atoms with E-state index in [1.54, 1.807) is 4.90 Å². The van der Waals surface area contributed by atoms with Gasteiger partial charge in [0.15, 0.2) is 0 Å². The van der Waals surface area contributed by atoms with Gasteiger partial charge in [0.05, 0.1) is 0 Å². The number of rotatable bonds is 14. The smallest absolute Gasteiger partial charge is 0.326 e. The normalized spacial score (nSPS) is 10.6. The number of anilines is 2. The van der Waals surface area contributed by atoms with E-state index in [9.17, 15) is 9.59 Å². The van der Waals surface area contributed by atoms with Gasteiger partial charge in [-0.15, -0.1) is 0 Å². The number of carbonyl (C=O) groups excluding carboxylic acids is 2. The van der Waals surface area contributed by atoms with Crippen LogP contribution in [-0.4, -0.2) is 25.0 Å². The van der Waals surface area contributed by atoms with E-state index in [4.69, 9.17) is 0 Å². The number of nitrogens with zero attached hydrogens (tertiary/aromatic N) is 1. The van der Waals surface area contributed by atoms with Gasteiger partial charge in [0, 0.05) is 30.9 Å². The van der Waals surface area contributed by atoms with Crippen LogP contribution in [0.15, 0.2) is 54.6 Å². The number of hydrogen-bond acceptors (Lipinski definition) is 2. The Bertz CT molecular complexity index is 808. The second-order valence-electron chi connectivity index (χ2n) is 8.36. The number of benzene rings is 2. The zero-order chi connectivity index (χ0) is 23.0. The lowest BCUT2D eigenvalue weighted by Crippen LogP contribution is -2.37. The van der Waals surface area contributed by atoms with E-state index >= 15 is 0 Å². The molecule has 0 saturated heterocycles. The summed E-state index contributed by atoms with van der Waals surface area (Å²) in [6.45, 7) is 5.31. The standard InChI is InChI=1S/C27H39N3O2/c1-3-4-5-6-7-8-12-19-26(31)28-20-14-21-30(25-17-10-9-11-18-25)27(32)29-24-16-13-15-23(2)22-24/h9-11,13,15-18,22H,3-8,12,14,19-21H2,1-2H3,(H,28,31)(H,29,32). The molecule has 5 nitrogen and oxygen atoms in total. The second-order valence-corrected chi connectivity index (χ2v) is 8.36. The first-order valence-electron chi connectivity index (χ1n) is 12.1. The van der Waals surface area contributed by atoms with Crippen molar-refractivity contribution in [2.45, 2.75) is 71.6 Å². The van der Waals surface area contributed by atoms with Crippen molar-refractivity contribution in [3.8, 4) is 0 Å². The molecule has 2 N–H and O–H groups in total. The van der Waals surface area contributed by atoms with E-state index in [1.807, 2.05) is 61.5 Å². The number of aryl methyl sites for hydroxylation is 1. The molecule has 0 fully saturated rings. The molecule has 5 heteroatoms. The first kappa shape index (κ1) is 25.4. The predicted molar refractivity (Wildman–Crippen MR) is 134 cm³/mol. The molecular formula is C27H39N3O2. The highest BCUT2D eigenvalue weighted by Crippen LogP contribution is 2.17. The molecule has 0 aliphatic carbocycles. The topological polar surface area (TPSA) is 61.4 Å². The summed E-state index contributed by atoms with van der Waals surface area (Å²) in [4.78, 5) is 26.8. The molecule has 2 aromatic rings. The third-order valence-electron chi connectivity index (χ3n) is 5.47. The number of nitrogens with one attached hydrogen (secondary N) is 2. The van der Waals surface area contributed by atoms with Crippen LogP contribution >= 0.6 is 0 Å². The Morgan fingerprint density at radius 3 is 2.28 bits per heavy atom. The molecule has 2 rings (SSSR count). The van der Waals surface area contributed by atoms with E-state index in [-0.39, 0.29) is 11.9 Å². The highest BCUT2D eigenvalue weighted by Gasteiger charge is 2.15. The summed E-state index contributed by atoms with van der Waals surface area (Å²) in [7, 11) is 0. The summed E-state index contributed by atoms with van der Waals surface area (Å²) >= 11 is 0. The van der Waals surface area contributed by atoms with Gasteiger partial charge in [-0.25, -0.2) is 4.79 Å². The number of carbonyl (C=O) groups is 2. The number of urea groups is 1. The quantitative estimate of drug-likeness (QED) is 0.324. The lowest BCUT2D eigenvalue weighted by Gasteiger charge is -2.23. The first-order valence-corrected chi connectivity index (χ1v) is 12.1. The van der Waals surface area contributed by atoms with E-state index in [1.165, 1.54) is 32.1 Å². The lowest BCUT2D eigenvalue weighted by atomic mass is 10.1. The molecule has 0 unspecified atom stereocenters. The van der Waals surface area contributed by atoms with Crippen molar-refractivity contribution in [2.24, 2.45) is 0 Å². The maximum atomic E-state index is 12.9. The van der Waals surface area contributed by atoms with Crippen molar-refractivity contribution >= 4 is 23.3 Å². The Kier molecular flexibility index (Phi) is 12.0. The predicted octanol–water partition coefficient (Wildman–Crippen LogP) is 6.68. The summed E-state index contributed by atoms with van der Waals surface area (Å²) in [6, 6.07) is 17.2. The molecule has 0 aliphatic rings. The molecule has 3 amide bonds. The van der Waals surface area contributed by atoms with Gasteiger partial charge < -0.3 is 10.6 Å². The zero-order valence-electron chi connectivity index (χ0n) is 19.7. The van der Waals surface area contributed by atoms with Crippen molar-refractivity contribution < 1.29 is 9.59 Å². The zero-order valence-corrected chi connectivity index (χ0v) is 19.7. The summed E-state index contributed by atoms with van der Waals surface area (Å²) in [5.41, 5.74) is 2.71. The fourth-order valence-electron chi connectivity index (χ4n) is 3.67. The average molecular weight is 438 g/mol. The SMILES string of the molecule is CCCCCCCCCC(=O)NCCCN(C(=O)Nc1cccc(C)c1)c1ccccc1. The van der Waals surface area contributed by atoms with Crippen LogP contribution in [0.25, 0.3) is 0 Å². The van der Waals surface area contributed by atoms with Crippen LogP contribution in [0.1, 0.15) is 70.3 Å². The van der Waals surface area contributed by atoms with E-state index in [0.717, 1.165) is 29.8 Å². The van der Waals surface area contributed by atoms with Gasteiger partial charge in [0.2, 0.25) is 5.91 Å². The third kappa shape index (κ3) is 9.99. The minimum absolute atomic E-state index is 0.106. The van der Waals surface area contributed by atoms with Crippen LogP contribution in [0.2, 0.25) is 0 Å². The maximum absolute atomic E-state index is 12.9. The van der Waals surface area contributed by atoms with Crippen LogP contribution in [-0.2, 0) is 4.79 Å². The van der Waals surface area contributed by atoms with Gasteiger partial charge in [-0.05, 0) is 49.6 Å². The van der Waals surface area contributed by atoms with E-state index < -0.39 is 0 Å². The lowest BCUT2D eigenvalue weighted by molar-refractivity contribution is -0.121. The van der Waals surface area contributed by atoms with Crippen molar-refractivity contribution in [2.75, 3.05) is 23.3 Å². The summed E-state index contributed by atoms with van der Waals surface area (Å²) in [5, 5.41) is 5.98. The molecule has 0 aromatic heterocycles. The van der Waals surface area contributed by atoms with E-state index in [0.29, 0.717) is 25.9 Å². The van der Waals surface area contributed by atoms with Crippen LogP contribution in [0.5, 0.6) is 0 Å². The maximum Gasteiger partial charge on any atom is 0.326 e. The fourth-order valence-corrected chi connectivity index (χ4v) is 3.67. The van der Waals surface area contributed by atoms with Gasteiger partial charge in [-0.1, -0.05) is 75.8 Å². The molecular weight excluding hydrogens is 398 g/mol. The van der Waals surface area contributed by atoms with Crippen LogP contribution in [0.4, 0.5) is 16.2 Å². The summed E-state index contributed by atoms with van der Waals surface area (Å²) in [6.07, 6.45) is 9.72. The van der Waals surface area contributed by atoms with Crippen LogP contribution in [0, 0.1) is 6.92 Å². The highest BCUT2D eigenvalue weighted by atomic mass is 16.2. The summed E-state index contributed by atoms with van der Waals surface area (Å²) in [5.74, 6) is 0.106. The molecule has 0 spiro atoms. The fraction of sp³-hybridized carbons (Fsp3) is 0.481. The third-order valence-corrected chi connectivity index (χ3v) is 5.47. The van der Waals surface area contributed by atoms with Gasteiger partial charge in [0.25, 0.3) is 0 Å². The Labute approximate surface area is 193 Å². The first-order chi connectivity index (χ1) is 15.6. The van der Waals surface area contributed by atoms with Crippen molar-refractivity contribution in [3.05, 3.63) is 60.2 Å². The Morgan fingerprint density at radius 2 is 1.56 bits per heavy atom. The Morgan fingerprint density at radius 1 is 0.844 bits per heavy atom. The monoisotopic (exact) mass is 437 g/mol. The largest absolute Gasteiger partial charge is 0.356 e. The molecule has 0 saturated carbocycles. The van der Waals surface area contributed by atoms with Crippen molar-refractivity contribution in [3.63, 3.8) is 0 Å². The molecule has 2 aromatic carbocycles. The minimum atomic E-state index is -0.170. The highest BCUT2D eigenvalue weighted by molar-refractivity contribution is 6.01. The number of amides is 3. The number of para-hydroxylation sites is 1. The van der Waals surface area contributed by atoms with Crippen molar-refractivity contribution in [1.29, 1.82) is 0 Å². The minimum Gasteiger partial charge on any atom is -0.356 e.